The number of benzene rings is 1. The number of amides is 1. The van der Waals surface area contributed by atoms with Crippen molar-refractivity contribution in [2.24, 2.45) is 0 Å². The van der Waals surface area contributed by atoms with Crippen molar-refractivity contribution in [2.45, 2.75) is 50.7 Å². The van der Waals surface area contributed by atoms with Crippen LogP contribution in [0.15, 0.2) is 28.4 Å². The van der Waals surface area contributed by atoms with Gasteiger partial charge in [0, 0.05) is 16.1 Å². The van der Waals surface area contributed by atoms with Crippen LogP contribution >= 0.6 is 15.9 Å². The lowest BCUT2D eigenvalue weighted by molar-refractivity contribution is -0.114. The summed E-state index contributed by atoms with van der Waals surface area (Å²) in [6.45, 7) is 1.12. The van der Waals surface area contributed by atoms with Crippen LogP contribution in [-0.4, -0.2) is 42.8 Å². The first-order valence-electron chi connectivity index (χ1n) is 9.27. The van der Waals surface area contributed by atoms with E-state index in [0.717, 1.165) is 5.56 Å². The van der Waals surface area contributed by atoms with Crippen molar-refractivity contribution >= 4 is 27.5 Å². The molecule has 29 heavy (non-hydrogen) atoms. The Hall–Kier alpha value is -2.11. The Balaban J connectivity index is 1.95. The fraction of sp³-hybridized carbons (Fsp3) is 0.476. The maximum absolute atomic E-state index is 12.8. The van der Waals surface area contributed by atoms with Crippen molar-refractivity contribution < 1.29 is 28.2 Å². The van der Waals surface area contributed by atoms with E-state index in [-0.39, 0.29) is 17.8 Å². The van der Waals surface area contributed by atoms with E-state index in [9.17, 15) is 18.7 Å². The first kappa shape index (κ1) is 21.6. The summed E-state index contributed by atoms with van der Waals surface area (Å²) in [6, 6.07) is 3.53. The predicted octanol–water partition coefficient (Wildman–Crippen LogP) is 4.58. The Morgan fingerprint density at radius 3 is 2.66 bits per heavy atom. The minimum absolute atomic E-state index is 0.0267. The smallest absolute Gasteiger partial charge is 0.261 e. The molecule has 0 atom stereocenters. The number of anilines is 1. The maximum Gasteiger partial charge on any atom is 0.261 e. The summed E-state index contributed by atoms with van der Waals surface area (Å²) in [4.78, 5) is 14.4. The molecule has 0 bridgehead atoms. The number of alkyl halides is 2. The molecule has 1 amide bonds. The Morgan fingerprint density at radius 2 is 2.07 bits per heavy atom. The third-order valence-electron chi connectivity index (χ3n) is 5.34. The third-order valence-corrected chi connectivity index (χ3v) is 5.95. The number of hydrogen-bond acceptors (Lipinski definition) is 4. The fourth-order valence-electron chi connectivity index (χ4n) is 4.05. The fourth-order valence-corrected chi connectivity index (χ4v) is 4.67. The van der Waals surface area contributed by atoms with Crippen LogP contribution in [0, 0.1) is 11.8 Å². The summed E-state index contributed by atoms with van der Waals surface area (Å²) >= 11 is 3.51. The Kier molecular flexibility index (Phi) is 6.49. The number of hydrogen-bond donors (Lipinski definition) is 1. The summed E-state index contributed by atoms with van der Waals surface area (Å²) in [5.41, 5.74) is 0.281. The zero-order valence-corrected chi connectivity index (χ0v) is 17.8. The van der Waals surface area contributed by atoms with Gasteiger partial charge in [-0.15, -0.1) is 5.92 Å². The number of aliphatic hydroxyl groups excluding tert-OH is 1. The zero-order chi connectivity index (χ0) is 21.2. The van der Waals surface area contributed by atoms with Crippen LogP contribution in [0.25, 0.3) is 0 Å². The number of nitrogens with zero attached hydrogens (tertiary/aromatic N) is 1. The Labute approximate surface area is 176 Å². The summed E-state index contributed by atoms with van der Waals surface area (Å²) in [6.07, 6.45) is 0.0523. The lowest BCUT2D eigenvalue weighted by atomic mass is 9.78. The molecule has 0 radical (unpaired) electrons. The van der Waals surface area contributed by atoms with Gasteiger partial charge in [0.05, 0.1) is 13.2 Å². The van der Waals surface area contributed by atoms with E-state index in [1.807, 2.05) is 0 Å². The number of carbonyl (C=O) groups excluding carboxylic acids is 1. The number of rotatable bonds is 5. The van der Waals surface area contributed by atoms with Crippen molar-refractivity contribution in [3.63, 3.8) is 0 Å². The molecule has 1 aromatic rings. The van der Waals surface area contributed by atoms with Gasteiger partial charge < -0.3 is 14.6 Å². The topological polar surface area (TPSA) is 59.0 Å². The van der Waals surface area contributed by atoms with Gasteiger partial charge in [0.25, 0.3) is 12.3 Å². The third kappa shape index (κ3) is 4.12. The minimum atomic E-state index is -2.52. The molecule has 8 heteroatoms. The van der Waals surface area contributed by atoms with Crippen LogP contribution in [0.4, 0.5) is 14.5 Å². The van der Waals surface area contributed by atoms with Crippen LogP contribution in [0.1, 0.15) is 38.2 Å². The van der Waals surface area contributed by atoms with Crippen LogP contribution in [0.2, 0.25) is 0 Å². The van der Waals surface area contributed by atoms with Crippen LogP contribution < -0.4 is 9.64 Å². The Morgan fingerprint density at radius 1 is 1.38 bits per heavy atom. The van der Waals surface area contributed by atoms with E-state index in [1.165, 1.54) is 18.1 Å². The summed E-state index contributed by atoms with van der Waals surface area (Å²) in [7, 11) is 1.50. The molecular formula is C21H22BrF2NO4. The Bertz CT molecular complexity index is 883. The number of carbonyl (C=O) groups is 1. The van der Waals surface area contributed by atoms with Crippen LogP contribution in [-0.2, 0) is 9.53 Å². The quantitative estimate of drug-likeness (QED) is 0.641. The summed E-state index contributed by atoms with van der Waals surface area (Å²) < 4.78 is 36.3. The summed E-state index contributed by atoms with van der Waals surface area (Å²) in [5.74, 6) is 5.84. The highest BCUT2D eigenvalue weighted by Crippen LogP contribution is 2.50. The summed E-state index contributed by atoms with van der Waals surface area (Å²) in [5, 5.41) is 10.7. The number of aliphatic hydroxyl groups is 1. The molecule has 1 saturated carbocycles. The number of ether oxygens (including phenoxy) is 2. The van der Waals surface area contributed by atoms with Crippen molar-refractivity contribution in [1.82, 2.24) is 0 Å². The van der Waals surface area contributed by atoms with Gasteiger partial charge in [-0.05, 0) is 60.7 Å². The monoisotopic (exact) mass is 469 g/mol. The van der Waals surface area contributed by atoms with Crippen molar-refractivity contribution in [3.8, 4) is 17.6 Å². The van der Waals surface area contributed by atoms with Gasteiger partial charge in [0.1, 0.15) is 29.3 Å². The normalized spacial score (nSPS) is 23.9. The molecule has 1 aromatic carbocycles. The molecule has 0 unspecified atom stereocenters. The molecule has 1 aliphatic carbocycles. The average molecular weight is 470 g/mol. The minimum Gasteiger partial charge on any atom is -0.510 e. The van der Waals surface area contributed by atoms with Crippen molar-refractivity contribution in [1.29, 1.82) is 0 Å². The molecule has 1 fully saturated rings. The average Bonchev–Trinajstić information content (AvgIpc) is 2.91. The van der Waals surface area contributed by atoms with E-state index in [1.54, 1.807) is 19.1 Å². The molecule has 3 rings (SSSR count). The molecule has 156 valence electrons. The lowest BCUT2D eigenvalue weighted by Gasteiger charge is -2.44. The molecule has 1 heterocycles. The molecule has 1 aliphatic heterocycles. The van der Waals surface area contributed by atoms with Crippen molar-refractivity contribution in [3.05, 3.63) is 34.0 Å². The molecule has 2 aliphatic rings. The SMILES string of the molecule is CC#Cc1cc(Br)c(N2C(=O)C=C(O)C23CCC(OCC(F)F)CC3)c(OC)c1. The second-order valence-electron chi connectivity index (χ2n) is 7.04. The molecule has 0 saturated heterocycles. The zero-order valence-electron chi connectivity index (χ0n) is 16.2. The van der Waals surface area contributed by atoms with Crippen LogP contribution in [0.5, 0.6) is 5.75 Å². The predicted molar refractivity (Wildman–Crippen MR) is 108 cm³/mol. The molecular weight excluding hydrogens is 448 g/mol. The first-order chi connectivity index (χ1) is 13.8. The van der Waals surface area contributed by atoms with E-state index in [4.69, 9.17) is 9.47 Å². The van der Waals surface area contributed by atoms with Gasteiger partial charge in [-0.3, -0.25) is 9.69 Å². The van der Waals surface area contributed by atoms with Crippen LogP contribution in [0.3, 0.4) is 0 Å². The van der Waals surface area contributed by atoms with Crippen molar-refractivity contribution in [2.75, 3.05) is 18.6 Å². The van der Waals surface area contributed by atoms with Gasteiger partial charge in [0.2, 0.25) is 0 Å². The molecule has 1 spiro atoms. The molecule has 0 aromatic heterocycles. The number of methoxy groups -OCH3 is 1. The number of halogens is 3. The second kappa shape index (κ2) is 8.72. The second-order valence-corrected chi connectivity index (χ2v) is 7.90. The van der Waals surface area contributed by atoms with Gasteiger partial charge in [-0.1, -0.05) is 5.92 Å². The van der Waals surface area contributed by atoms with Gasteiger partial charge >= 0.3 is 0 Å². The van der Waals surface area contributed by atoms with Gasteiger partial charge in [-0.2, -0.15) is 0 Å². The lowest BCUT2D eigenvalue weighted by Crippen LogP contribution is -2.52. The van der Waals surface area contributed by atoms with E-state index in [2.05, 4.69) is 27.8 Å². The highest BCUT2D eigenvalue weighted by molar-refractivity contribution is 9.10. The van der Waals surface area contributed by atoms with E-state index in [0.29, 0.717) is 41.6 Å². The molecule has 1 N–H and O–H groups in total. The van der Waals surface area contributed by atoms with E-state index >= 15 is 0 Å². The van der Waals surface area contributed by atoms with Gasteiger partial charge in [-0.25, -0.2) is 8.78 Å². The maximum atomic E-state index is 12.8. The molecule has 5 nitrogen and oxygen atoms in total. The largest absolute Gasteiger partial charge is 0.510 e. The standard InChI is InChI=1S/C21H22BrF2NO4/c1-3-4-13-9-15(22)20(16(10-13)28-2)25-19(27)11-17(26)21(25)7-5-14(6-8-21)29-12-18(23)24/h9-11,14,18,26H,5-8,12H2,1-2H3. The highest BCUT2D eigenvalue weighted by Gasteiger charge is 2.52. The highest BCUT2D eigenvalue weighted by atomic mass is 79.9. The van der Waals surface area contributed by atoms with Gasteiger partial charge in [0.15, 0.2) is 0 Å². The first-order valence-corrected chi connectivity index (χ1v) is 10.1. The van der Waals surface area contributed by atoms with E-state index < -0.39 is 18.6 Å².